The van der Waals surface area contributed by atoms with E-state index in [-0.39, 0.29) is 11.9 Å². The molecule has 0 aromatic rings. The Kier molecular flexibility index (Phi) is 3.82. The third-order valence-corrected chi connectivity index (χ3v) is 3.79. The lowest BCUT2D eigenvalue weighted by atomic mass is 10.1. The van der Waals surface area contributed by atoms with Crippen LogP contribution in [0.1, 0.15) is 25.7 Å². The number of likely N-dealkylation sites (N-methyl/N-ethyl adjacent to an activating group) is 2. The van der Waals surface area contributed by atoms with Gasteiger partial charge in [-0.25, -0.2) is 0 Å². The second kappa shape index (κ2) is 5.15. The van der Waals surface area contributed by atoms with Gasteiger partial charge >= 0.3 is 0 Å². The van der Waals surface area contributed by atoms with E-state index in [1.165, 1.54) is 6.42 Å². The highest BCUT2D eigenvalue weighted by Gasteiger charge is 2.29. The van der Waals surface area contributed by atoms with Gasteiger partial charge in [0.1, 0.15) is 0 Å². The highest BCUT2D eigenvalue weighted by Crippen LogP contribution is 2.16. The molecule has 2 saturated heterocycles. The van der Waals surface area contributed by atoms with Gasteiger partial charge in [0.2, 0.25) is 5.91 Å². The largest absolute Gasteiger partial charge is 0.351 e. The maximum atomic E-state index is 12.1. The molecule has 2 aliphatic rings. The topological polar surface area (TPSA) is 35.6 Å². The van der Waals surface area contributed by atoms with Crippen LogP contribution in [0, 0.1) is 0 Å². The minimum absolute atomic E-state index is 0.118. The first-order chi connectivity index (χ1) is 7.66. The molecule has 92 valence electrons. The summed E-state index contributed by atoms with van der Waals surface area (Å²) in [4.78, 5) is 16.5. The number of piperidine rings is 1. The van der Waals surface area contributed by atoms with Gasteiger partial charge < -0.3 is 10.2 Å². The molecule has 0 bridgehead atoms. The Morgan fingerprint density at radius 1 is 1.19 bits per heavy atom. The highest BCUT2D eigenvalue weighted by molar-refractivity contribution is 5.82. The van der Waals surface area contributed by atoms with E-state index in [4.69, 9.17) is 0 Å². The lowest BCUT2D eigenvalue weighted by molar-refractivity contribution is -0.126. The van der Waals surface area contributed by atoms with Gasteiger partial charge in [-0.3, -0.25) is 9.69 Å². The van der Waals surface area contributed by atoms with Gasteiger partial charge in [0, 0.05) is 12.6 Å². The highest BCUT2D eigenvalue weighted by atomic mass is 16.2. The molecule has 2 fully saturated rings. The van der Waals surface area contributed by atoms with Crippen LogP contribution in [0.4, 0.5) is 0 Å². The molecule has 2 aliphatic heterocycles. The quantitative estimate of drug-likeness (QED) is 0.734. The van der Waals surface area contributed by atoms with E-state index < -0.39 is 0 Å². The van der Waals surface area contributed by atoms with E-state index in [1.807, 2.05) is 7.05 Å². The smallest absolute Gasteiger partial charge is 0.237 e. The maximum Gasteiger partial charge on any atom is 0.237 e. The molecule has 2 heterocycles. The SMILES string of the molecule is CN1CCC[C@@H](NC(=O)C2CCCN2C)C1. The van der Waals surface area contributed by atoms with Gasteiger partial charge in [-0.2, -0.15) is 0 Å². The Morgan fingerprint density at radius 3 is 2.56 bits per heavy atom. The Morgan fingerprint density at radius 2 is 1.94 bits per heavy atom. The Hall–Kier alpha value is -0.610. The lowest BCUT2D eigenvalue weighted by Gasteiger charge is -2.31. The number of hydrogen-bond donors (Lipinski definition) is 1. The third kappa shape index (κ3) is 2.74. The van der Waals surface area contributed by atoms with Gasteiger partial charge in [-0.05, 0) is 52.9 Å². The van der Waals surface area contributed by atoms with Gasteiger partial charge in [0.15, 0.2) is 0 Å². The zero-order chi connectivity index (χ0) is 11.5. The first-order valence-corrected chi connectivity index (χ1v) is 6.36. The Balaban J connectivity index is 1.82. The molecule has 16 heavy (non-hydrogen) atoms. The van der Waals surface area contributed by atoms with Gasteiger partial charge in [-0.1, -0.05) is 0 Å². The summed E-state index contributed by atoms with van der Waals surface area (Å²) < 4.78 is 0. The number of carbonyl (C=O) groups is 1. The standard InChI is InChI=1S/C12H23N3O/c1-14-7-3-5-10(9-14)13-12(16)11-6-4-8-15(11)2/h10-11H,3-9H2,1-2H3,(H,13,16)/t10-,11?/m1/s1. The maximum absolute atomic E-state index is 12.1. The van der Waals surface area contributed by atoms with Crippen LogP contribution in [-0.4, -0.2) is 61.5 Å². The summed E-state index contributed by atoms with van der Waals surface area (Å²) in [6, 6.07) is 0.479. The van der Waals surface area contributed by atoms with Crippen molar-refractivity contribution < 1.29 is 4.79 Å². The van der Waals surface area contributed by atoms with E-state index in [9.17, 15) is 4.79 Å². The summed E-state index contributed by atoms with van der Waals surface area (Å²) >= 11 is 0. The van der Waals surface area contributed by atoms with Crippen LogP contribution in [0.15, 0.2) is 0 Å². The van der Waals surface area contributed by atoms with Crippen molar-refractivity contribution in [2.24, 2.45) is 0 Å². The second-order valence-corrected chi connectivity index (χ2v) is 5.25. The number of rotatable bonds is 2. The van der Waals surface area contributed by atoms with Crippen LogP contribution in [-0.2, 0) is 4.79 Å². The van der Waals surface area contributed by atoms with E-state index in [0.717, 1.165) is 38.9 Å². The fraction of sp³-hybridized carbons (Fsp3) is 0.917. The van der Waals surface area contributed by atoms with Crippen molar-refractivity contribution in [1.29, 1.82) is 0 Å². The summed E-state index contributed by atoms with van der Waals surface area (Å²) in [6.07, 6.45) is 4.50. The average molecular weight is 225 g/mol. The molecule has 2 rings (SSSR count). The second-order valence-electron chi connectivity index (χ2n) is 5.25. The summed E-state index contributed by atoms with van der Waals surface area (Å²) in [5.41, 5.74) is 0. The van der Waals surface area contributed by atoms with Crippen molar-refractivity contribution >= 4 is 5.91 Å². The van der Waals surface area contributed by atoms with Gasteiger partial charge in [-0.15, -0.1) is 0 Å². The fourth-order valence-electron chi connectivity index (χ4n) is 2.82. The fourth-order valence-corrected chi connectivity index (χ4v) is 2.82. The minimum atomic E-state index is 0.118. The molecule has 1 amide bonds. The number of nitrogens with zero attached hydrogens (tertiary/aromatic N) is 2. The Bertz CT molecular complexity index is 257. The number of likely N-dealkylation sites (tertiary alicyclic amines) is 2. The van der Waals surface area contributed by atoms with Crippen LogP contribution in [0.5, 0.6) is 0 Å². The summed E-state index contributed by atoms with van der Waals surface area (Å²) in [7, 11) is 4.17. The van der Waals surface area contributed by atoms with E-state index in [0.29, 0.717) is 6.04 Å². The van der Waals surface area contributed by atoms with Crippen LogP contribution in [0.25, 0.3) is 0 Å². The van der Waals surface area contributed by atoms with Crippen LogP contribution in [0.2, 0.25) is 0 Å². The molecule has 4 heteroatoms. The minimum Gasteiger partial charge on any atom is -0.351 e. The zero-order valence-electron chi connectivity index (χ0n) is 10.4. The average Bonchev–Trinajstić information content (AvgIpc) is 2.64. The molecule has 0 saturated carbocycles. The normalized spacial score (nSPS) is 32.9. The van der Waals surface area contributed by atoms with Crippen LogP contribution >= 0.6 is 0 Å². The molecular weight excluding hydrogens is 202 g/mol. The zero-order valence-corrected chi connectivity index (χ0v) is 10.4. The molecule has 0 spiro atoms. The summed E-state index contributed by atoms with van der Waals surface area (Å²) in [5.74, 6) is 0.236. The first kappa shape index (κ1) is 11.9. The number of hydrogen-bond acceptors (Lipinski definition) is 3. The predicted octanol–water partition coefficient (Wildman–Crippen LogP) is 0.291. The van der Waals surface area contributed by atoms with Crippen LogP contribution in [0.3, 0.4) is 0 Å². The van der Waals surface area contributed by atoms with Crippen molar-refractivity contribution in [3.8, 4) is 0 Å². The number of nitrogens with one attached hydrogen (secondary N) is 1. The molecule has 1 unspecified atom stereocenters. The number of amides is 1. The molecule has 1 N–H and O–H groups in total. The van der Waals surface area contributed by atoms with Crippen molar-refractivity contribution in [3.05, 3.63) is 0 Å². The molecular formula is C12H23N3O. The van der Waals surface area contributed by atoms with Crippen molar-refractivity contribution in [2.45, 2.75) is 37.8 Å². The third-order valence-electron chi connectivity index (χ3n) is 3.79. The molecule has 0 radical (unpaired) electrons. The summed E-state index contributed by atoms with van der Waals surface area (Å²) in [6.45, 7) is 3.22. The van der Waals surface area contributed by atoms with Crippen LogP contribution < -0.4 is 5.32 Å². The predicted molar refractivity (Wildman–Crippen MR) is 64.3 cm³/mol. The molecule has 4 nitrogen and oxygen atoms in total. The van der Waals surface area contributed by atoms with Crippen molar-refractivity contribution in [3.63, 3.8) is 0 Å². The molecule has 0 aromatic carbocycles. The summed E-state index contributed by atoms with van der Waals surface area (Å²) in [5, 5.41) is 3.20. The van der Waals surface area contributed by atoms with Crippen molar-refractivity contribution in [1.82, 2.24) is 15.1 Å². The van der Waals surface area contributed by atoms with E-state index in [1.54, 1.807) is 0 Å². The molecule has 0 aliphatic carbocycles. The molecule has 2 atom stereocenters. The van der Waals surface area contributed by atoms with Crippen molar-refractivity contribution in [2.75, 3.05) is 33.7 Å². The monoisotopic (exact) mass is 225 g/mol. The Labute approximate surface area is 98.0 Å². The molecule has 0 aromatic heterocycles. The lowest BCUT2D eigenvalue weighted by Crippen LogP contribution is -2.51. The van der Waals surface area contributed by atoms with E-state index >= 15 is 0 Å². The van der Waals surface area contributed by atoms with E-state index in [2.05, 4.69) is 22.2 Å². The first-order valence-electron chi connectivity index (χ1n) is 6.36. The van der Waals surface area contributed by atoms with Gasteiger partial charge in [0.05, 0.1) is 6.04 Å². The number of carbonyl (C=O) groups excluding carboxylic acids is 1. The van der Waals surface area contributed by atoms with Gasteiger partial charge in [0.25, 0.3) is 0 Å².